The van der Waals surface area contributed by atoms with Crippen LogP contribution in [-0.4, -0.2) is 60.9 Å². The minimum absolute atomic E-state index is 0.0919. The third-order valence-corrected chi connectivity index (χ3v) is 6.04. The number of aryl methyl sites for hydroxylation is 1. The molecule has 134 valence electrons. The van der Waals surface area contributed by atoms with Crippen LogP contribution >= 0.6 is 11.8 Å². The van der Waals surface area contributed by atoms with Gasteiger partial charge >= 0.3 is 6.03 Å². The van der Waals surface area contributed by atoms with Crippen LogP contribution in [0, 0.1) is 6.92 Å². The second-order valence-electron chi connectivity index (χ2n) is 6.83. The number of nitrogens with one attached hydrogen (secondary N) is 1. The predicted octanol–water partition coefficient (Wildman–Crippen LogP) is 3.60. The molecule has 1 aromatic carbocycles. The molecule has 5 heteroatoms. The van der Waals surface area contributed by atoms with E-state index < -0.39 is 0 Å². The van der Waals surface area contributed by atoms with Gasteiger partial charge in [-0.15, -0.1) is 11.8 Å². The highest BCUT2D eigenvalue weighted by Gasteiger charge is 2.23. The van der Waals surface area contributed by atoms with Gasteiger partial charge in [-0.3, -0.25) is 0 Å². The first-order chi connectivity index (χ1) is 11.5. The Labute approximate surface area is 151 Å². The first kappa shape index (κ1) is 19.1. The van der Waals surface area contributed by atoms with Crippen LogP contribution in [0.4, 0.5) is 4.79 Å². The summed E-state index contributed by atoms with van der Waals surface area (Å²) in [7, 11) is 4.13. The molecule has 2 amide bonds. The zero-order chi connectivity index (χ0) is 17.5. The molecule has 1 heterocycles. The van der Waals surface area contributed by atoms with Crippen LogP contribution < -0.4 is 5.32 Å². The Morgan fingerprint density at radius 2 is 2.08 bits per heavy atom. The smallest absolute Gasteiger partial charge is 0.317 e. The number of likely N-dealkylation sites (N-methyl/N-ethyl adjacent to an activating group) is 1. The third-order valence-electron chi connectivity index (χ3n) is 4.71. The molecule has 0 saturated carbocycles. The number of piperidine rings is 1. The quantitative estimate of drug-likeness (QED) is 0.852. The number of benzene rings is 1. The molecule has 1 N–H and O–H groups in total. The van der Waals surface area contributed by atoms with Gasteiger partial charge in [-0.1, -0.05) is 24.6 Å². The number of hydrogen-bond donors (Lipinski definition) is 1. The van der Waals surface area contributed by atoms with E-state index in [1.807, 2.05) is 16.7 Å². The van der Waals surface area contributed by atoms with Crippen molar-refractivity contribution in [1.82, 2.24) is 15.1 Å². The van der Waals surface area contributed by atoms with Gasteiger partial charge in [0.2, 0.25) is 0 Å². The van der Waals surface area contributed by atoms with E-state index in [9.17, 15) is 4.79 Å². The molecule has 2 rings (SSSR count). The number of amides is 2. The zero-order valence-electron chi connectivity index (χ0n) is 15.4. The number of thioether (sulfide) groups is 1. The van der Waals surface area contributed by atoms with Gasteiger partial charge in [0.25, 0.3) is 0 Å². The van der Waals surface area contributed by atoms with Gasteiger partial charge in [0.1, 0.15) is 0 Å². The van der Waals surface area contributed by atoms with Gasteiger partial charge in [-0.25, -0.2) is 4.79 Å². The molecule has 4 nitrogen and oxygen atoms in total. The average Bonchev–Trinajstić information content (AvgIpc) is 2.55. The van der Waals surface area contributed by atoms with Gasteiger partial charge in [-0.05, 0) is 52.4 Å². The molecule has 1 aliphatic heterocycles. The second-order valence-corrected chi connectivity index (χ2v) is 8.21. The zero-order valence-corrected chi connectivity index (χ0v) is 16.2. The Morgan fingerprint density at radius 1 is 1.38 bits per heavy atom. The van der Waals surface area contributed by atoms with Gasteiger partial charge in [0, 0.05) is 35.8 Å². The van der Waals surface area contributed by atoms with Crippen molar-refractivity contribution in [3.8, 4) is 0 Å². The molecule has 1 atom stereocenters. The molecule has 24 heavy (non-hydrogen) atoms. The largest absolute Gasteiger partial charge is 0.336 e. The Balaban J connectivity index is 1.74. The molecule has 1 aliphatic rings. The number of carbonyl (C=O) groups is 1. The standard InChI is InChI=1S/C19H31N3OS/c1-5-16(21(3)4)14-20-19(23)22-11-9-17(10-12-22)24-18-8-6-7-15(2)13-18/h6-8,13,16-17H,5,9-12,14H2,1-4H3,(H,20,23)/t16-/m1/s1. The lowest BCUT2D eigenvalue weighted by Gasteiger charge is -2.32. The van der Waals surface area contributed by atoms with Crippen molar-refractivity contribution in [2.75, 3.05) is 33.7 Å². The first-order valence-corrected chi connectivity index (χ1v) is 9.80. The first-order valence-electron chi connectivity index (χ1n) is 8.92. The number of nitrogens with zero attached hydrogens (tertiary/aromatic N) is 2. The van der Waals surface area contributed by atoms with Gasteiger partial charge < -0.3 is 15.1 Å². The predicted molar refractivity (Wildman–Crippen MR) is 103 cm³/mol. The van der Waals surface area contributed by atoms with Crippen LogP contribution in [0.2, 0.25) is 0 Å². The van der Waals surface area contributed by atoms with Crippen molar-refractivity contribution < 1.29 is 4.79 Å². The molecule has 0 aliphatic carbocycles. The number of rotatable bonds is 6. The maximum absolute atomic E-state index is 12.3. The van der Waals surface area contributed by atoms with Crippen molar-refractivity contribution in [2.24, 2.45) is 0 Å². The normalized spacial score (nSPS) is 17.1. The molecule has 0 radical (unpaired) electrons. The van der Waals surface area contributed by atoms with E-state index in [-0.39, 0.29) is 6.03 Å². The Kier molecular flexibility index (Phi) is 7.43. The van der Waals surface area contributed by atoms with Crippen LogP contribution in [-0.2, 0) is 0 Å². The number of carbonyl (C=O) groups excluding carboxylic acids is 1. The van der Waals surface area contributed by atoms with Gasteiger partial charge in [0.15, 0.2) is 0 Å². The average molecular weight is 350 g/mol. The van der Waals surface area contributed by atoms with E-state index in [0.717, 1.165) is 38.9 Å². The number of hydrogen-bond acceptors (Lipinski definition) is 3. The van der Waals surface area contributed by atoms with Crippen LogP contribution in [0.25, 0.3) is 0 Å². The molecule has 1 fully saturated rings. The van der Waals surface area contributed by atoms with Crippen molar-refractivity contribution in [3.05, 3.63) is 29.8 Å². The molecule has 0 spiro atoms. The highest BCUT2D eigenvalue weighted by Crippen LogP contribution is 2.30. The number of urea groups is 1. The minimum Gasteiger partial charge on any atom is -0.336 e. The van der Waals surface area contributed by atoms with E-state index in [1.54, 1.807) is 0 Å². The van der Waals surface area contributed by atoms with E-state index >= 15 is 0 Å². The van der Waals surface area contributed by atoms with Crippen molar-refractivity contribution in [1.29, 1.82) is 0 Å². The van der Waals surface area contributed by atoms with E-state index in [0.29, 0.717) is 11.3 Å². The summed E-state index contributed by atoms with van der Waals surface area (Å²) in [6, 6.07) is 9.18. The van der Waals surface area contributed by atoms with E-state index in [1.165, 1.54) is 10.5 Å². The summed E-state index contributed by atoms with van der Waals surface area (Å²) in [4.78, 5) is 17.8. The summed E-state index contributed by atoms with van der Waals surface area (Å²) < 4.78 is 0. The lowest BCUT2D eigenvalue weighted by molar-refractivity contribution is 0.182. The maximum atomic E-state index is 12.3. The lowest BCUT2D eigenvalue weighted by atomic mass is 10.1. The Morgan fingerprint density at radius 3 is 2.67 bits per heavy atom. The molecular weight excluding hydrogens is 318 g/mol. The molecule has 0 aromatic heterocycles. The minimum atomic E-state index is 0.0919. The van der Waals surface area contributed by atoms with Crippen molar-refractivity contribution in [2.45, 2.75) is 49.3 Å². The fourth-order valence-corrected chi connectivity index (χ4v) is 4.31. The van der Waals surface area contributed by atoms with Crippen molar-refractivity contribution in [3.63, 3.8) is 0 Å². The second kappa shape index (κ2) is 9.33. The topological polar surface area (TPSA) is 35.6 Å². The Bertz CT molecular complexity index is 527. The van der Waals surface area contributed by atoms with E-state index in [2.05, 4.69) is 62.4 Å². The van der Waals surface area contributed by atoms with E-state index in [4.69, 9.17) is 0 Å². The molecule has 0 unspecified atom stereocenters. The highest BCUT2D eigenvalue weighted by molar-refractivity contribution is 8.00. The van der Waals surface area contributed by atoms with Crippen molar-refractivity contribution >= 4 is 17.8 Å². The molecule has 1 saturated heterocycles. The Hall–Kier alpha value is -1.20. The van der Waals surface area contributed by atoms with Crippen LogP contribution in [0.15, 0.2) is 29.2 Å². The summed E-state index contributed by atoms with van der Waals surface area (Å²) >= 11 is 1.95. The van der Waals surface area contributed by atoms with Gasteiger partial charge in [0.05, 0.1) is 0 Å². The lowest BCUT2D eigenvalue weighted by Crippen LogP contribution is -2.48. The summed E-state index contributed by atoms with van der Waals surface area (Å²) in [6.45, 7) is 6.72. The maximum Gasteiger partial charge on any atom is 0.317 e. The summed E-state index contributed by atoms with van der Waals surface area (Å²) in [5.41, 5.74) is 1.31. The monoisotopic (exact) mass is 349 g/mol. The fraction of sp³-hybridized carbons (Fsp3) is 0.632. The third kappa shape index (κ3) is 5.71. The molecule has 1 aromatic rings. The summed E-state index contributed by atoms with van der Waals surface area (Å²) in [5.74, 6) is 0. The van der Waals surface area contributed by atoms with Crippen LogP contribution in [0.1, 0.15) is 31.7 Å². The summed E-state index contributed by atoms with van der Waals surface area (Å²) in [5, 5.41) is 3.71. The van der Waals surface area contributed by atoms with Crippen LogP contribution in [0.5, 0.6) is 0 Å². The molecular formula is C19H31N3OS. The van der Waals surface area contributed by atoms with Crippen LogP contribution in [0.3, 0.4) is 0 Å². The molecule has 0 bridgehead atoms. The summed E-state index contributed by atoms with van der Waals surface area (Å²) in [6.07, 6.45) is 3.18. The highest BCUT2D eigenvalue weighted by atomic mass is 32.2. The van der Waals surface area contributed by atoms with Gasteiger partial charge in [-0.2, -0.15) is 0 Å². The SMILES string of the molecule is CC[C@H](CNC(=O)N1CCC(Sc2cccc(C)c2)CC1)N(C)C. The number of likely N-dealkylation sites (tertiary alicyclic amines) is 1. The fourth-order valence-electron chi connectivity index (χ4n) is 3.07.